The van der Waals surface area contributed by atoms with Gasteiger partial charge in [-0.3, -0.25) is 9.78 Å². The Balaban J connectivity index is 1.60. The minimum Gasteiger partial charge on any atom is -0.307 e. The van der Waals surface area contributed by atoms with Crippen LogP contribution in [-0.4, -0.2) is 25.7 Å². The zero-order valence-corrected chi connectivity index (χ0v) is 17.2. The van der Waals surface area contributed by atoms with E-state index >= 15 is 0 Å². The summed E-state index contributed by atoms with van der Waals surface area (Å²) in [6.45, 7) is 3.83. The second-order valence-corrected chi connectivity index (χ2v) is 7.31. The van der Waals surface area contributed by atoms with Crippen molar-refractivity contribution < 1.29 is 18.0 Å². The first-order valence-corrected chi connectivity index (χ1v) is 9.63. The van der Waals surface area contributed by atoms with Crippen molar-refractivity contribution in [2.45, 2.75) is 20.0 Å². The van der Waals surface area contributed by atoms with Crippen LogP contribution in [0.15, 0.2) is 67.4 Å². The van der Waals surface area contributed by atoms with Gasteiger partial charge >= 0.3 is 6.18 Å². The van der Waals surface area contributed by atoms with E-state index in [0.29, 0.717) is 5.69 Å². The highest BCUT2D eigenvalue weighted by Crippen LogP contribution is 2.30. The Morgan fingerprint density at radius 3 is 2.56 bits per heavy atom. The molecular weight excluding hydrogens is 419 g/mol. The lowest BCUT2D eigenvalue weighted by molar-refractivity contribution is -0.137. The number of hydrogen-bond acceptors (Lipinski definition) is 4. The number of nitrogens with zero attached hydrogens (tertiary/aromatic N) is 4. The smallest absolute Gasteiger partial charge is 0.307 e. The summed E-state index contributed by atoms with van der Waals surface area (Å²) in [4.78, 5) is 20.7. The van der Waals surface area contributed by atoms with Crippen molar-refractivity contribution in [3.63, 3.8) is 0 Å². The van der Waals surface area contributed by atoms with Crippen molar-refractivity contribution >= 4 is 11.7 Å². The normalized spacial score (nSPS) is 11.4. The monoisotopic (exact) mass is 437 g/mol. The molecule has 4 aromatic rings. The fourth-order valence-electron chi connectivity index (χ4n) is 3.18. The largest absolute Gasteiger partial charge is 0.416 e. The Morgan fingerprint density at radius 1 is 1.00 bits per heavy atom. The fraction of sp³-hybridized carbons (Fsp3) is 0.130. The fourth-order valence-corrected chi connectivity index (χ4v) is 3.18. The first-order valence-electron chi connectivity index (χ1n) is 9.63. The molecule has 3 heterocycles. The van der Waals surface area contributed by atoms with Crippen molar-refractivity contribution in [2.75, 3.05) is 5.32 Å². The quantitative estimate of drug-likeness (QED) is 0.475. The molecule has 1 N–H and O–H groups in total. The van der Waals surface area contributed by atoms with Gasteiger partial charge in [-0.05, 0) is 55.3 Å². The number of amides is 1. The maximum atomic E-state index is 12.9. The van der Waals surface area contributed by atoms with Gasteiger partial charge in [-0.25, -0.2) is 9.67 Å². The molecule has 1 aromatic carbocycles. The number of anilines is 1. The van der Waals surface area contributed by atoms with Gasteiger partial charge in [0.1, 0.15) is 5.82 Å². The number of benzene rings is 1. The number of aryl methyl sites for hydroxylation is 2. The van der Waals surface area contributed by atoms with Crippen LogP contribution in [0.2, 0.25) is 0 Å². The van der Waals surface area contributed by atoms with Crippen LogP contribution in [0.1, 0.15) is 27.0 Å². The topological polar surface area (TPSA) is 72.7 Å². The Hall–Kier alpha value is -4.01. The summed E-state index contributed by atoms with van der Waals surface area (Å²) in [6.07, 6.45) is 3.52. The molecule has 0 unspecified atom stereocenters. The molecule has 6 nitrogen and oxygen atoms in total. The molecule has 0 radical (unpaired) electrons. The molecule has 0 saturated heterocycles. The highest BCUT2D eigenvalue weighted by atomic mass is 19.4. The predicted octanol–water partition coefficient (Wildman–Crippen LogP) is 5.22. The number of halogens is 3. The number of carbonyl (C=O) groups excluding carboxylic acids is 1. The molecule has 0 saturated carbocycles. The molecule has 0 atom stereocenters. The van der Waals surface area contributed by atoms with E-state index in [0.717, 1.165) is 40.6 Å². The molecule has 32 heavy (non-hydrogen) atoms. The van der Waals surface area contributed by atoms with Crippen molar-refractivity contribution in [1.82, 2.24) is 19.7 Å². The van der Waals surface area contributed by atoms with E-state index in [1.54, 1.807) is 41.5 Å². The average molecular weight is 437 g/mol. The van der Waals surface area contributed by atoms with Gasteiger partial charge in [0.15, 0.2) is 0 Å². The summed E-state index contributed by atoms with van der Waals surface area (Å²) in [5.41, 5.74) is 3.72. The molecular formula is C23H18F3N5O. The van der Waals surface area contributed by atoms with Gasteiger partial charge < -0.3 is 5.32 Å². The summed E-state index contributed by atoms with van der Waals surface area (Å²) < 4.78 is 40.4. The third-order valence-corrected chi connectivity index (χ3v) is 4.84. The highest BCUT2D eigenvalue weighted by molar-refractivity contribution is 6.04. The average Bonchev–Trinajstić information content (AvgIpc) is 3.24. The molecule has 0 spiro atoms. The maximum absolute atomic E-state index is 12.9. The summed E-state index contributed by atoms with van der Waals surface area (Å²) in [6, 6.07) is 8.61. The minimum absolute atomic E-state index is 0.180. The van der Waals surface area contributed by atoms with E-state index in [2.05, 4.69) is 20.4 Å². The van der Waals surface area contributed by atoms with Crippen LogP contribution < -0.4 is 5.32 Å². The van der Waals surface area contributed by atoms with Crippen LogP contribution in [0.5, 0.6) is 0 Å². The van der Waals surface area contributed by atoms with Gasteiger partial charge in [0.05, 0.1) is 17.4 Å². The van der Waals surface area contributed by atoms with Crippen molar-refractivity contribution in [1.29, 1.82) is 0 Å². The molecule has 0 aliphatic carbocycles. The molecule has 4 rings (SSSR count). The molecule has 162 valence electrons. The van der Waals surface area contributed by atoms with Crippen LogP contribution in [0.3, 0.4) is 0 Å². The van der Waals surface area contributed by atoms with Crippen molar-refractivity contribution in [3.05, 3.63) is 89.6 Å². The zero-order chi connectivity index (χ0) is 22.9. The van der Waals surface area contributed by atoms with Gasteiger partial charge in [-0.1, -0.05) is 6.07 Å². The van der Waals surface area contributed by atoms with Gasteiger partial charge in [0.2, 0.25) is 0 Å². The number of hydrogen-bond donors (Lipinski definition) is 1. The molecule has 9 heteroatoms. The number of alkyl halides is 3. The van der Waals surface area contributed by atoms with Crippen molar-refractivity contribution in [2.24, 2.45) is 0 Å². The Bertz CT molecular complexity index is 1300. The van der Waals surface area contributed by atoms with E-state index in [1.165, 1.54) is 0 Å². The first kappa shape index (κ1) is 21.2. The van der Waals surface area contributed by atoms with Crippen LogP contribution in [0, 0.1) is 13.8 Å². The first-order chi connectivity index (χ1) is 15.2. The van der Waals surface area contributed by atoms with Gasteiger partial charge in [0.25, 0.3) is 5.91 Å². The van der Waals surface area contributed by atoms with Crippen LogP contribution in [0.4, 0.5) is 19.0 Å². The van der Waals surface area contributed by atoms with E-state index < -0.39 is 17.6 Å². The number of rotatable bonds is 4. The summed E-state index contributed by atoms with van der Waals surface area (Å²) in [5.74, 6) is -0.756. The number of nitrogens with one attached hydrogen (secondary N) is 1. The molecule has 3 aromatic heterocycles. The molecule has 1 amide bonds. The number of carbonyl (C=O) groups is 1. The summed E-state index contributed by atoms with van der Waals surface area (Å²) in [5, 5.41) is 6.81. The predicted molar refractivity (Wildman–Crippen MR) is 113 cm³/mol. The van der Waals surface area contributed by atoms with Crippen LogP contribution >= 0.6 is 0 Å². The molecule has 0 bridgehead atoms. The second-order valence-electron chi connectivity index (χ2n) is 7.31. The SMILES string of the molecule is Cc1cncc(-c2cnn(-c3cc(C(=O)Nc4cc(C(F)(F)F)ccn4)ccc3C)c2)c1. The number of pyridine rings is 2. The summed E-state index contributed by atoms with van der Waals surface area (Å²) >= 11 is 0. The van der Waals surface area contributed by atoms with Crippen LogP contribution in [0.25, 0.3) is 16.8 Å². The molecule has 0 aliphatic heterocycles. The van der Waals surface area contributed by atoms with Gasteiger partial charge in [-0.2, -0.15) is 18.3 Å². The Morgan fingerprint density at radius 2 is 1.81 bits per heavy atom. The third kappa shape index (κ3) is 4.51. The third-order valence-electron chi connectivity index (χ3n) is 4.84. The van der Waals surface area contributed by atoms with Crippen molar-refractivity contribution in [3.8, 4) is 16.8 Å². The lowest BCUT2D eigenvalue weighted by Gasteiger charge is -2.11. The van der Waals surface area contributed by atoms with E-state index in [4.69, 9.17) is 0 Å². The van der Waals surface area contributed by atoms with Gasteiger partial charge in [0, 0.05) is 41.5 Å². The minimum atomic E-state index is -4.52. The Kier molecular flexibility index (Phi) is 5.48. The van der Waals surface area contributed by atoms with Crippen LogP contribution in [-0.2, 0) is 6.18 Å². The van der Waals surface area contributed by atoms with E-state index in [-0.39, 0.29) is 11.4 Å². The zero-order valence-electron chi connectivity index (χ0n) is 17.2. The highest BCUT2D eigenvalue weighted by Gasteiger charge is 2.30. The molecule has 0 aliphatic rings. The standard InChI is InChI=1S/C23H18F3N5O/c1-14-7-17(11-27-10-14)18-12-29-31(13-18)20-8-16(4-3-15(20)2)22(32)30-21-9-19(5-6-28-21)23(24,25)26/h3-13H,1-2H3,(H,28,30,32). The number of aromatic nitrogens is 4. The lowest BCUT2D eigenvalue weighted by atomic mass is 10.1. The van der Waals surface area contributed by atoms with E-state index in [1.807, 2.05) is 26.1 Å². The van der Waals surface area contributed by atoms with E-state index in [9.17, 15) is 18.0 Å². The lowest BCUT2D eigenvalue weighted by Crippen LogP contribution is -2.15. The maximum Gasteiger partial charge on any atom is 0.416 e. The summed E-state index contributed by atoms with van der Waals surface area (Å²) in [7, 11) is 0. The Labute approximate surface area is 181 Å². The molecule has 0 fully saturated rings. The second kappa shape index (κ2) is 8.26. The van der Waals surface area contributed by atoms with Gasteiger partial charge in [-0.15, -0.1) is 0 Å².